The average Bonchev–Trinajstić information content (AvgIpc) is 2.15. The fraction of sp³-hybridized carbons (Fsp3) is 0.500. The molecule has 0 heterocycles. The first-order valence-electron chi connectivity index (χ1n) is 4.42. The number of carbonyl (C=O) groups is 3. The number of ketones is 1. The zero-order valence-electron chi connectivity index (χ0n) is 8.65. The van der Waals surface area contributed by atoms with Crippen molar-refractivity contribution in [2.45, 2.75) is 13.3 Å². The molecular weight excluding hydrogens is 200 g/mol. The number of aldehydes is 1. The number of carbonyl (C=O) groups excluding carboxylic acids is 3. The highest BCUT2D eigenvalue weighted by Gasteiger charge is 2.05. The summed E-state index contributed by atoms with van der Waals surface area (Å²) in [5.74, 6) is -0.810. The van der Waals surface area contributed by atoms with Crippen molar-refractivity contribution < 1.29 is 23.9 Å². The number of rotatable bonds is 8. The molecule has 0 N–H and O–H groups in total. The van der Waals surface area contributed by atoms with Crippen molar-refractivity contribution in [2.24, 2.45) is 0 Å². The zero-order valence-corrected chi connectivity index (χ0v) is 8.65. The van der Waals surface area contributed by atoms with Gasteiger partial charge >= 0.3 is 5.97 Å². The first kappa shape index (κ1) is 13.5. The lowest BCUT2D eigenvalue weighted by Gasteiger charge is -2.04. The molecule has 0 fully saturated rings. The van der Waals surface area contributed by atoms with Gasteiger partial charge in [0, 0.05) is 5.57 Å². The molecule has 0 amide bonds. The van der Waals surface area contributed by atoms with E-state index < -0.39 is 5.97 Å². The molecule has 0 aliphatic heterocycles. The van der Waals surface area contributed by atoms with Crippen LogP contribution in [0.25, 0.3) is 0 Å². The summed E-state index contributed by atoms with van der Waals surface area (Å²) in [6.45, 7) is 5.07. The molecule has 0 radical (unpaired) electrons. The van der Waals surface area contributed by atoms with Crippen LogP contribution in [-0.4, -0.2) is 37.9 Å². The van der Waals surface area contributed by atoms with E-state index >= 15 is 0 Å². The van der Waals surface area contributed by atoms with Gasteiger partial charge in [-0.1, -0.05) is 6.58 Å². The maximum atomic E-state index is 10.8. The third kappa shape index (κ3) is 8.83. The van der Waals surface area contributed by atoms with E-state index in [1.807, 2.05) is 0 Å². The van der Waals surface area contributed by atoms with Crippen molar-refractivity contribution in [3.05, 3.63) is 12.2 Å². The smallest absolute Gasteiger partial charge is 0.313 e. The van der Waals surface area contributed by atoms with Crippen LogP contribution in [0.15, 0.2) is 12.2 Å². The lowest BCUT2D eigenvalue weighted by Crippen LogP contribution is -2.13. The van der Waals surface area contributed by atoms with Crippen LogP contribution in [-0.2, 0) is 23.9 Å². The van der Waals surface area contributed by atoms with E-state index in [1.54, 1.807) is 0 Å². The Morgan fingerprint density at radius 2 is 2.00 bits per heavy atom. The van der Waals surface area contributed by atoms with Gasteiger partial charge in [-0.05, 0) is 6.92 Å². The number of hydrogen-bond donors (Lipinski definition) is 0. The summed E-state index contributed by atoms with van der Waals surface area (Å²) in [5.41, 5.74) is 0.324. The summed E-state index contributed by atoms with van der Waals surface area (Å²) in [7, 11) is 0. The van der Waals surface area contributed by atoms with Crippen molar-refractivity contribution in [1.29, 1.82) is 0 Å². The van der Waals surface area contributed by atoms with Crippen LogP contribution in [0.2, 0.25) is 0 Å². The Hall–Kier alpha value is -1.49. The third-order valence-electron chi connectivity index (χ3n) is 1.34. The molecule has 5 nitrogen and oxygen atoms in total. The lowest BCUT2D eigenvalue weighted by molar-refractivity contribution is -0.147. The normalized spacial score (nSPS) is 9.40. The van der Waals surface area contributed by atoms with E-state index in [0.717, 1.165) is 0 Å². The Labute approximate surface area is 88.0 Å². The maximum absolute atomic E-state index is 10.8. The number of Topliss-reactive ketones (excluding diaryl/α,β-unsaturated/α-hetero) is 1. The minimum atomic E-state index is -0.569. The highest BCUT2D eigenvalue weighted by Crippen LogP contribution is 1.90. The van der Waals surface area contributed by atoms with E-state index in [1.165, 1.54) is 6.92 Å². The van der Waals surface area contributed by atoms with Crippen LogP contribution in [0.5, 0.6) is 0 Å². The molecular formula is C10H14O5. The molecule has 0 aromatic heterocycles. The second kappa shape index (κ2) is 7.87. The van der Waals surface area contributed by atoms with Crippen LogP contribution in [0.3, 0.4) is 0 Å². The molecule has 0 saturated carbocycles. The molecule has 15 heavy (non-hydrogen) atoms. The minimum absolute atomic E-state index is 0.0677. The zero-order chi connectivity index (χ0) is 11.7. The first-order chi connectivity index (χ1) is 7.06. The van der Waals surface area contributed by atoms with Gasteiger partial charge in [-0.15, -0.1) is 0 Å². The van der Waals surface area contributed by atoms with Crippen molar-refractivity contribution in [3.63, 3.8) is 0 Å². The second-order valence-electron chi connectivity index (χ2n) is 2.93. The van der Waals surface area contributed by atoms with Crippen molar-refractivity contribution in [1.82, 2.24) is 0 Å². The van der Waals surface area contributed by atoms with Crippen molar-refractivity contribution in [2.75, 3.05) is 19.8 Å². The molecule has 0 saturated heterocycles. The van der Waals surface area contributed by atoms with E-state index in [-0.39, 0.29) is 32.0 Å². The monoisotopic (exact) mass is 214 g/mol. The topological polar surface area (TPSA) is 69.7 Å². The molecule has 0 spiro atoms. The van der Waals surface area contributed by atoms with Gasteiger partial charge in [0.1, 0.15) is 25.1 Å². The largest absolute Gasteiger partial charge is 0.463 e. The first-order valence-corrected chi connectivity index (χ1v) is 4.42. The van der Waals surface area contributed by atoms with Gasteiger partial charge in [-0.3, -0.25) is 14.4 Å². The summed E-state index contributed by atoms with van der Waals surface area (Å²) >= 11 is 0. The van der Waals surface area contributed by atoms with Gasteiger partial charge < -0.3 is 9.47 Å². The molecule has 0 atom stereocenters. The van der Waals surface area contributed by atoms with Crippen LogP contribution in [0.4, 0.5) is 0 Å². The molecule has 0 aromatic carbocycles. The Balaban J connectivity index is 3.38. The van der Waals surface area contributed by atoms with E-state index in [4.69, 9.17) is 4.74 Å². The minimum Gasteiger partial charge on any atom is -0.463 e. The summed E-state index contributed by atoms with van der Waals surface area (Å²) in [4.78, 5) is 31.4. The molecule has 0 aromatic rings. The summed E-state index contributed by atoms with van der Waals surface area (Å²) < 4.78 is 9.61. The van der Waals surface area contributed by atoms with Crippen LogP contribution in [0.1, 0.15) is 13.3 Å². The van der Waals surface area contributed by atoms with Gasteiger partial charge in [0.25, 0.3) is 0 Å². The maximum Gasteiger partial charge on any atom is 0.313 e. The standard InChI is InChI=1S/C10H14O5/c1-8(6-11)7-14-3-4-15-10(13)5-9(2)12/h6H,1,3-5,7H2,2H3. The predicted molar refractivity (Wildman–Crippen MR) is 52.3 cm³/mol. The molecule has 0 rings (SSSR count). The molecule has 0 unspecified atom stereocenters. The van der Waals surface area contributed by atoms with Crippen molar-refractivity contribution >= 4 is 18.0 Å². The Morgan fingerprint density at radius 3 is 2.53 bits per heavy atom. The molecule has 0 bridgehead atoms. The quantitative estimate of drug-likeness (QED) is 0.191. The fourth-order valence-electron chi connectivity index (χ4n) is 0.706. The van der Waals surface area contributed by atoms with Gasteiger partial charge in [-0.2, -0.15) is 0 Å². The summed E-state index contributed by atoms with van der Waals surface area (Å²) in [6, 6.07) is 0. The van der Waals surface area contributed by atoms with Crippen LogP contribution < -0.4 is 0 Å². The van der Waals surface area contributed by atoms with Gasteiger partial charge in [0.05, 0.1) is 13.2 Å². The Kier molecular flexibility index (Phi) is 7.09. The summed E-state index contributed by atoms with van der Waals surface area (Å²) in [5, 5.41) is 0. The summed E-state index contributed by atoms with van der Waals surface area (Å²) in [6.07, 6.45) is 0.378. The average molecular weight is 214 g/mol. The predicted octanol–water partition coefficient (Wildman–Crippen LogP) is 0.280. The van der Waals surface area contributed by atoms with E-state index in [2.05, 4.69) is 11.3 Å². The Morgan fingerprint density at radius 1 is 1.33 bits per heavy atom. The van der Waals surface area contributed by atoms with Gasteiger partial charge in [0.15, 0.2) is 0 Å². The SMILES string of the molecule is C=C(C=O)COCCOC(=O)CC(C)=O. The molecule has 0 aliphatic carbocycles. The van der Waals surface area contributed by atoms with E-state index in [9.17, 15) is 14.4 Å². The van der Waals surface area contributed by atoms with E-state index in [0.29, 0.717) is 11.9 Å². The fourth-order valence-corrected chi connectivity index (χ4v) is 0.706. The Bertz CT molecular complexity index is 257. The number of hydrogen-bond acceptors (Lipinski definition) is 5. The molecule has 84 valence electrons. The van der Waals surface area contributed by atoms with Crippen molar-refractivity contribution in [3.8, 4) is 0 Å². The number of ether oxygens (including phenoxy) is 2. The lowest BCUT2D eigenvalue weighted by atomic mass is 10.3. The second-order valence-corrected chi connectivity index (χ2v) is 2.93. The highest BCUT2D eigenvalue weighted by molar-refractivity contribution is 5.94. The van der Waals surface area contributed by atoms with Crippen LogP contribution >= 0.6 is 0 Å². The molecule has 5 heteroatoms. The third-order valence-corrected chi connectivity index (χ3v) is 1.34. The highest BCUT2D eigenvalue weighted by atomic mass is 16.6. The van der Waals surface area contributed by atoms with Gasteiger partial charge in [0.2, 0.25) is 0 Å². The molecule has 0 aliphatic rings. The van der Waals surface area contributed by atoms with Crippen LogP contribution in [0, 0.1) is 0 Å². The van der Waals surface area contributed by atoms with Gasteiger partial charge in [-0.25, -0.2) is 0 Å². The number of esters is 1.